The van der Waals surface area contributed by atoms with Crippen LogP contribution in [0.15, 0.2) is 30.3 Å². The van der Waals surface area contributed by atoms with Crippen LogP contribution in [0.4, 0.5) is 0 Å². The number of carboxylic acid groups (broad SMARTS) is 1. The summed E-state index contributed by atoms with van der Waals surface area (Å²) < 4.78 is 4.95. The molecule has 14 heavy (non-hydrogen) atoms. The molecule has 0 spiro atoms. The van der Waals surface area contributed by atoms with Crippen LogP contribution in [0.5, 0.6) is 5.75 Å². The van der Waals surface area contributed by atoms with Crippen molar-refractivity contribution in [3.63, 3.8) is 0 Å². The van der Waals surface area contributed by atoms with E-state index in [1.54, 1.807) is 31.4 Å². The molecule has 0 aliphatic carbocycles. The van der Waals surface area contributed by atoms with Gasteiger partial charge in [0, 0.05) is 35.6 Å². The van der Waals surface area contributed by atoms with Gasteiger partial charge in [0.25, 0.3) is 0 Å². The van der Waals surface area contributed by atoms with Crippen LogP contribution in [-0.4, -0.2) is 47.7 Å². The third-order valence-electron chi connectivity index (χ3n) is 1.53. The Morgan fingerprint density at radius 3 is 2.36 bits per heavy atom. The maximum Gasteiger partial charge on any atom is 0.328 e. The van der Waals surface area contributed by atoms with E-state index in [0.29, 0.717) is 0 Å². The second-order valence-electron chi connectivity index (χ2n) is 2.44. The maximum atomic E-state index is 10.2. The molecule has 0 fully saturated rings. The number of aliphatic carboxylic acids is 1. The Hall–Kier alpha value is -0.770. The van der Waals surface area contributed by atoms with Crippen LogP contribution in [0.3, 0.4) is 0 Å². The van der Waals surface area contributed by atoms with Crippen molar-refractivity contribution in [2.45, 2.75) is 0 Å². The molecule has 0 aliphatic heterocycles. The fraction of sp³-hybridized carbons (Fsp3) is 0.100. The molecule has 0 bridgehead atoms. The molecule has 0 aliphatic rings. The van der Waals surface area contributed by atoms with Gasteiger partial charge in [-0.15, -0.1) is 0 Å². The molecule has 3 nitrogen and oxygen atoms in total. The van der Waals surface area contributed by atoms with E-state index in [1.807, 2.05) is 0 Å². The standard InChI is InChI=1S/C10H10O3.Na/c1-13-9-5-2-8(3-6-9)4-7-10(11)12;/h2-7H,1H3,(H,11,12);. The first-order chi connectivity index (χ1) is 6.22. The van der Waals surface area contributed by atoms with Gasteiger partial charge in [-0.05, 0) is 23.8 Å². The minimum atomic E-state index is -0.948. The van der Waals surface area contributed by atoms with Gasteiger partial charge < -0.3 is 9.84 Å². The Morgan fingerprint density at radius 2 is 1.93 bits per heavy atom. The smallest absolute Gasteiger partial charge is 0.328 e. The first-order valence-corrected chi connectivity index (χ1v) is 3.77. The summed E-state index contributed by atoms with van der Waals surface area (Å²) in [5.74, 6) is -0.191. The molecular formula is C10H10NaO3. The van der Waals surface area contributed by atoms with Gasteiger partial charge in [0.15, 0.2) is 0 Å². The fourth-order valence-electron chi connectivity index (χ4n) is 0.883. The number of benzene rings is 1. The third-order valence-corrected chi connectivity index (χ3v) is 1.53. The number of ether oxygens (including phenoxy) is 1. The first kappa shape index (κ1) is 13.2. The fourth-order valence-corrected chi connectivity index (χ4v) is 0.883. The van der Waals surface area contributed by atoms with E-state index < -0.39 is 5.97 Å². The van der Waals surface area contributed by atoms with Gasteiger partial charge in [-0.3, -0.25) is 0 Å². The molecule has 0 saturated carbocycles. The molecule has 1 aromatic carbocycles. The predicted octanol–water partition coefficient (Wildman–Crippen LogP) is 1.41. The Morgan fingerprint density at radius 1 is 1.36 bits per heavy atom. The molecule has 0 saturated heterocycles. The van der Waals surface area contributed by atoms with E-state index in [4.69, 9.17) is 9.84 Å². The van der Waals surface area contributed by atoms with Gasteiger partial charge in [0.1, 0.15) is 5.75 Å². The Balaban J connectivity index is 0.00000169. The van der Waals surface area contributed by atoms with Crippen molar-refractivity contribution in [2.24, 2.45) is 0 Å². The molecule has 0 atom stereocenters. The molecule has 0 unspecified atom stereocenters. The summed E-state index contributed by atoms with van der Waals surface area (Å²) in [7, 11) is 1.59. The largest absolute Gasteiger partial charge is 0.497 e. The van der Waals surface area contributed by atoms with Gasteiger partial charge in [-0.25, -0.2) is 4.79 Å². The summed E-state index contributed by atoms with van der Waals surface area (Å²) in [5.41, 5.74) is 0.836. The Kier molecular flexibility index (Phi) is 6.28. The van der Waals surface area contributed by atoms with Crippen LogP contribution >= 0.6 is 0 Å². The summed E-state index contributed by atoms with van der Waals surface area (Å²) in [6.45, 7) is 0. The minimum Gasteiger partial charge on any atom is -0.497 e. The van der Waals surface area contributed by atoms with Crippen molar-refractivity contribution in [3.05, 3.63) is 35.9 Å². The second kappa shape index (κ2) is 6.65. The maximum absolute atomic E-state index is 10.2. The molecule has 0 amide bonds. The van der Waals surface area contributed by atoms with Crippen molar-refractivity contribution >= 4 is 41.6 Å². The molecule has 1 aromatic rings. The molecular weight excluding hydrogens is 191 g/mol. The van der Waals surface area contributed by atoms with Gasteiger partial charge >= 0.3 is 5.97 Å². The normalized spacial score (nSPS) is 9.50. The van der Waals surface area contributed by atoms with Crippen LogP contribution in [0.2, 0.25) is 0 Å². The summed E-state index contributed by atoms with van der Waals surface area (Å²) in [5, 5.41) is 8.36. The summed E-state index contributed by atoms with van der Waals surface area (Å²) in [4.78, 5) is 10.2. The van der Waals surface area contributed by atoms with E-state index in [1.165, 1.54) is 6.08 Å². The molecule has 0 aromatic heterocycles. The molecule has 69 valence electrons. The Labute approximate surface area is 105 Å². The number of methoxy groups -OCH3 is 1. The van der Waals surface area contributed by atoms with Crippen LogP contribution in [-0.2, 0) is 4.79 Å². The van der Waals surface area contributed by atoms with Crippen LogP contribution < -0.4 is 4.74 Å². The SMILES string of the molecule is COc1ccc(C=CC(=O)O)cc1.[Na]. The van der Waals surface area contributed by atoms with Crippen LogP contribution in [0.1, 0.15) is 5.56 Å². The topological polar surface area (TPSA) is 46.5 Å². The number of hydrogen-bond donors (Lipinski definition) is 1. The molecule has 1 radical (unpaired) electrons. The minimum absolute atomic E-state index is 0. The molecule has 1 rings (SSSR count). The number of hydrogen-bond acceptors (Lipinski definition) is 2. The van der Waals surface area contributed by atoms with E-state index in [-0.39, 0.29) is 29.6 Å². The van der Waals surface area contributed by atoms with E-state index in [9.17, 15) is 4.79 Å². The number of carboxylic acids is 1. The average Bonchev–Trinajstić information content (AvgIpc) is 2.15. The van der Waals surface area contributed by atoms with E-state index in [2.05, 4.69) is 0 Å². The van der Waals surface area contributed by atoms with Gasteiger partial charge in [0.2, 0.25) is 0 Å². The molecule has 1 N–H and O–H groups in total. The number of rotatable bonds is 3. The zero-order valence-corrected chi connectivity index (χ0v) is 10.2. The van der Waals surface area contributed by atoms with Gasteiger partial charge in [0.05, 0.1) is 7.11 Å². The molecule has 0 heterocycles. The quantitative estimate of drug-likeness (QED) is 0.594. The van der Waals surface area contributed by atoms with Gasteiger partial charge in [-0.1, -0.05) is 12.1 Å². The zero-order chi connectivity index (χ0) is 9.68. The Bertz CT molecular complexity index is 317. The van der Waals surface area contributed by atoms with Crippen molar-refractivity contribution in [1.29, 1.82) is 0 Å². The van der Waals surface area contributed by atoms with Crippen LogP contribution in [0, 0.1) is 0 Å². The predicted molar refractivity (Wildman–Crippen MR) is 55.4 cm³/mol. The second-order valence-corrected chi connectivity index (χ2v) is 2.44. The number of carbonyl (C=O) groups is 1. The summed E-state index contributed by atoms with van der Waals surface area (Å²) in [6.07, 6.45) is 2.63. The van der Waals surface area contributed by atoms with E-state index in [0.717, 1.165) is 17.4 Å². The monoisotopic (exact) mass is 201 g/mol. The van der Waals surface area contributed by atoms with Crippen molar-refractivity contribution < 1.29 is 14.6 Å². The molecule has 4 heteroatoms. The zero-order valence-electron chi connectivity index (χ0n) is 8.23. The van der Waals surface area contributed by atoms with Gasteiger partial charge in [-0.2, -0.15) is 0 Å². The first-order valence-electron chi connectivity index (χ1n) is 3.77. The summed E-state index contributed by atoms with van der Waals surface area (Å²) in [6, 6.07) is 7.14. The van der Waals surface area contributed by atoms with Crippen molar-refractivity contribution in [2.75, 3.05) is 7.11 Å². The summed E-state index contributed by atoms with van der Waals surface area (Å²) >= 11 is 0. The van der Waals surface area contributed by atoms with E-state index >= 15 is 0 Å². The van der Waals surface area contributed by atoms with Crippen LogP contribution in [0.25, 0.3) is 6.08 Å². The van der Waals surface area contributed by atoms with Crippen molar-refractivity contribution in [3.8, 4) is 5.75 Å². The third kappa shape index (κ3) is 4.46. The average molecular weight is 201 g/mol. The van der Waals surface area contributed by atoms with Crippen molar-refractivity contribution in [1.82, 2.24) is 0 Å².